The zero-order valence-corrected chi connectivity index (χ0v) is 13.0. The van der Waals surface area contributed by atoms with E-state index in [0.29, 0.717) is 5.03 Å². The maximum absolute atomic E-state index is 12.4. The molecule has 0 aliphatic carbocycles. The summed E-state index contributed by atoms with van der Waals surface area (Å²) in [4.78, 5) is 3.82. The summed E-state index contributed by atoms with van der Waals surface area (Å²) in [6.07, 6.45) is -0.999. The molecule has 7 heteroatoms. The number of pyridine rings is 1. The zero-order chi connectivity index (χ0) is 15.9. The molecule has 1 unspecified atom stereocenters. The maximum atomic E-state index is 12.4. The minimum Gasteiger partial charge on any atom is -0.394 e. The highest BCUT2D eigenvalue weighted by Gasteiger charge is 2.30. The predicted octanol–water partition coefficient (Wildman–Crippen LogP) is 3.33. The van der Waals surface area contributed by atoms with Gasteiger partial charge < -0.3 is 10.4 Å². The van der Waals surface area contributed by atoms with Crippen LogP contribution in [0, 0.1) is 0 Å². The molecule has 0 saturated heterocycles. The van der Waals surface area contributed by atoms with Gasteiger partial charge in [-0.3, -0.25) is 0 Å². The highest BCUT2D eigenvalue weighted by Crippen LogP contribution is 2.29. The lowest BCUT2D eigenvalue weighted by Crippen LogP contribution is -2.45. The largest absolute Gasteiger partial charge is 0.417 e. The third-order valence-corrected chi connectivity index (χ3v) is 4.65. The number of hydrogen-bond acceptors (Lipinski definition) is 4. The van der Waals surface area contributed by atoms with Gasteiger partial charge >= 0.3 is 6.18 Å². The minimum absolute atomic E-state index is 0.0726. The summed E-state index contributed by atoms with van der Waals surface area (Å²) >= 11 is 1.42. The third kappa shape index (κ3) is 5.48. The first-order valence-corrected chi connectivity index (χ1v) is 7.81. The molecule has 0 amide bonds. The van der Waals surface area contributed by atoms with Crippen LogP contribution < -0.4 is 5.32 Å². The van der Waals surface area contributed by atoms with Crippen LogP contribution in [0.2, 0.25) is 0 Å². The van der Waals surface area contributed by atoms with Crippen molar-refractivity contribution >= 4 is 11.8 Å². The van der Waals surface area contributed by atoms with E-state index in [0.717, 1.165) is 37.3 Å². The van der Waals surface area contributed by atoms with Crippen LogP contribution in [0.3, 0.4) is 0 Å². The van der Waals surface area contributed by atoms with E-state index in [4.69, 9.17) is 0 Å². The van der Waals surface area contributed by atoms with E-state index in [1.165, 1.54) is 17.8 Å². The molecule has 0 aliphatic heterocycles. The summed E-state index contributed by atoms with van der Waals surface area (Å²) in [5, 5.41) is 13.1. The number of nitrogens with one attached hydrogen (secondary N) is 1. The van der Waals surface area contributed by atoms with Crippen LogP contribution in [-0.4, -0.2) is 35.0 Å². The normalized spacial score (nSPS) is 15.0. The molecule has 0 spiro atoms. The number of thioether (sulfide) groups is 1. The van der Waals surface area contributed by atoms with Gasteiger partial charge in [-0.05, 0) is 44.2 Å². The number of rotatable bonds is 8. The molecule has 1 atom stereocenters. The molecule has 0 aliphatic rings. The Hall–Kier alpha value is -0.790. The smallest absolute Gasteiger partial charge is 0.394 e. The summed E-state index contributed by atoms with van der Waals surface area (Å²) in [7, 11) is 1.82. The molecular weight excluding hydrogens is 301 g/mol. The van der Waals surface area contributed by atoms with Gasteiger partial charge in [0, 0.05) is 11.7 Å². The van der Waals surface area contributed by atoms with Gasteiger partial charge in [-0.1, -0.05) is 6.92 Å². The Morgan fingerprint density at radius 2 is 2.05 bits per heavy atom. The Morgan fingerprint density at radius 3 is 2.48 bits per heavy atom. The number of aliphatic hydroxyl groups excluding tert-OH is 1. The minimum atomic E-state index is -4.34. The highest BCUT2D eigenvalue weighted by atomic mass is 32.2. The molecular formula is C14H21F3N2OS. The van der Waals surface area contributed by atoms with Crippen LogP contribution >= 0.6 is 11.8 Å². The van der Waals surface area contributed by atoms with Crippen molar-refractivity contribution in [3.8, 4) is 0 Å². The van der Waals surface area contributed by atoms with Gasteiger partial charge in [-0.2, -0.15) is 13.2 Å². The van der Waals surface area contributed by atoms with Crippen LogP contribution in [0.4, 0.5) is 13.2 Å². The molecule has 3 nitrogen and oxygen atoms in total. The zero-order valence-electron chi connectivity index (χ0n) is 12.2. The van der Waals surface area contributed by atoms with E-state index >= 15 is 0 Å². The average molecular weight is 322 g/mol. The lowest BCUT2D eigenvalue weighted by atomic mass is 9.92. The Balaban J connectivity index is 2.43. The van der Waals surface area contributed by atoms with Gasteiger partial charge in [0.25, 0.3) is 0 Å². The third-order valence-electron chi connectivity index (χ3n) is 3.62. The Kier molecular flexibility index (Phi) is 6.96. The number of halogens is 3. The van der Waals surface area contributed by atoms with E-state index in [9.17, 15) is 18.3 Å². The van der Waals surface area contributed by atoms with Crippen molar-refractivity contribution in [3.05, 3.63) is 23.9 Å². The lowest BCUT2D eigenvalue weighted by Gasteiger charge is -2.30. The van der Waals surface area contributed by atoms with Crippen LogP contribution in [0.25, 0.3) is 0 Å². The number of nitrogens with zero attached hydrogens (tertiary/aromatic N) is 1. The average Bonchev–Trinajstić information content (AvgIpc) is 2.48. The number of aliphatic hydroxyl groups is 1. The predicted molar refractivity (Wildman–Crippen MR) is 78.4 cm³/mol. The molecule has 0 radical (unpaired) electrons. The highest BCUT2D eigenvalue weighted by molar-refractivity contribution is 7.99. The quantitative estimate of drug-likeness (QED) is 0.569. The molecule has 120 valence electrons. The standard InChI is InChI=1S/C14H21F3N2OS/c1-3-13(10-20,18-2)7-4-8-21-12-6-5-11(9-19-12)14(15,16)17/h5-6,9,18,20H,3-4,7-8,10H2,1-2H3. The van der Waals surface area contributed by atoms with E-state index < -0.39 is 11.7 Å². The monoisotopic (exact) mass is 322 g/mol. The molecule has 2 N–H and O–H groups in total. The first-order chi connectivity index (χ1) is 9.87. The Bertz CT molecular complexity index is 411. The number of aromatic nitrogens is 1. The maximum Gasteiger partial charge on any atom is 0.417 e. The van der Waals surface area contributed by atoms with Crippen molar-refractivity contribution < 1.29 is 18.3 Å². The van der Waals surface area contributed by atoms with Crippen molar-refractivity contribution in [2.75, 3.05) is 19.4 Å². The lowest BCUT2D eigenvalue weighted by molar-refractivity contribution is -0.137. The fraction of sp³-hybridized carbons (Fsp3) is 0.643. The first kappa shape index (κ1) is 18.3. The molecule has 1 aromatic rings. The Morgan fingerprint density at radius 1 is 1.33 bits per heavy atom. The van der Waals surface area contributed by atoms with Crippen LogP contribution in [0.1, 0.15) is 31.7 Å². The second kappa shape index (κ2) is 8.00. The first-order valence-electron chi connectivity index (χ1n) is 6.82. The summed E-state index contributed by atoms with van der Waals surface area (Å²) in [5.41, 5.74) is -0.999. The molecule has 1 heterocycles. The van der Waals surface area contributed by atoms with Gasteiger partial charge in [-0.15, -0.1) is 11.8 Å². The molecule has 0 aromatic carbocycles. The Labute approximate surface area is 127 Å². The summed E-state index contributed by atoms with van der Waals surface area (Å²) in [5.74, 6) is 0.752. The number of alkyl halides is 3. The molecule has 0 fully saturated rings. The van der Waals surface area contributed by atoms with Crippen LogP contribution in [0.5, 0.6) is 0 Å². The summed E-state index contributed by atoms with van der Waals surface area (Å²) < 4.78 is 37.2. The van der Waals surface area contributed by atoms with E-state index in [1.54, 1.807) is 0 Å². The number of hydrogen-bond donors (Lipinski definition) is 2. The fourth-order valence-electron chi connectivity index (χ4n) is 1.97. The van der Waals surface area contributed by atoms with Crippen molar-refractivity contribution in [1.82, 2.24) is 10.3 Å². The van der Waals surface area contributed by atoms with Crippen LogP contribution in [0.15, 0.2) is 23.4 Å². The van der Waals surface area contributed by atoms with Crippen LogP contribution in [-0.2, 0) is 6.18 Å². The van der Waals surface area contributed by atoms with Crippen molar-refractivity contribution in [2.45, 2.75) is 42.9 Å². The topological polar surface area (TPSA) is 45.2 Å². The van der Waals surface area contributed by atoms with Crippen molar-refractivity contribution in [3.63, 3.8) is 0 Å². The molecule has 21 heavy (non-hydrogen) atoms. The fourth-order valence-corrected chi connectivity index (χ4v) is 2.76. The van der Waals surface area contributed by atoms with E-state index in [2.05, 4.69) is 10.3 Å². The van der Waals surface area contributed by atoms with Gasteiger partial charge in [0.05, 0.1) is 17.2 Å². The summed E-state index contributed by atoms with van der Waals surface area (Å²) in [6.45, 7) is 2.08. The van der Waals surface area contributed by atoms with Crippen molar-refractivity contribution in [2.24, 2.45) is 0 Å². The van der Waals surface area contributed by atoms with E-state index in [-0.39, 0.29) is 12.1 Å². The molecule has 0 saturated carbocycles. The summed E-state index contributed by atoms with van der Waals surface area (Å²) in [6, 6.07) is 2.44. The second-order valence-electron chi connectivity index (χ2n) is 4.88. The van der Waals surface area contributed by atoms with E-state index in [1.807, 2.05) is 14.0 Å². The molecule has 1 aromatic heterocycles. The van der Waals surface area contributed by atoms with Gasteiger partial charge in [0.15, 0.2) is 0 Å². The van der Waals surface area contributed by atoms with Gasteiger partial charge in [-0.25, -0.2) is 4.98 Å². The number of likely N-dealkylation sites (N-methyl/N-ethyl adjacent to an activating group) is 1. The van der Waals surface area contributed by atoms with Crippen molar-refractivity contribution in [1.29, 1.82) is 0 Å². The van der Waals surface area contributed by atoms with Gasteiger partial charge in [0.2, 0.25) is 0 Å². The van der Waals surface area contributed by atoms with Gasteiger partial charge in [0.1, 0.15) is 0 Å². The molecule has 0 bridgehead atoms. The molecule has 1 rings (SSSR count). The SMILES string of the molecule is CCC(CO)(CCCSc1ccc(C(F)(F)F)cn1)NC. The second-order valence-corrected chi connectivity index (χ2v) is 5.99.